The molecule has 0 saturated carbocycles. The third-order valence-electron chi connectivity index (χ3n) is 2.92. The van der Waals surface area contributed by atoms with Gasteiger partial charge in [-0.15, -0.1) is 0 Å². The van der Waals surface area contributed by atoms with Gasteiger partial charge in [-0.3, -0.25) is 0 Å². The molecule has 0 N–H and O–H groups in total. The van der Waals surface area contributed by atoms with Crippen molar-refractivity contribution in [3.63, 3.8) is 0 Å². The molecule has 20 heavy (non-hydrogen) atoms. The molecule has 0 atom stereocenters. The fourth-order valence-electron chi connectivity index (χ4n) is 1.76. The van der Waals surface area contributed by atoms with Gasteiger partial charge in [-0.2, -0.15) is 0 Å². The van der Waals surface area contributed by atoms with Crippen LogP contribution in [0.3, 0.4) is 0 Å². The van der Waals surface area contributed by atoms with Gasteiger partial charge in [-0.1, -0.05) is 25.1 Å². The lowest BCUT2D eigenvalue weighted by molar-refractivity contribution is 0.0593. The van der Waals surface area contributed by atoms with E-state index in [1.807, 2.05) is 30.3 Å². The molecular formula is C16H17NO3. The minimum absolute atomic E-state index is 0.287. The van der Waals surface area contributed by atoms with Gasteiger partial charge in [0, 0.05) is 0 Å². The number of aryl methyl sites for hydroxylation is 1. The van der Waals surface area contributed by atoms with Gasteiger partial charge < -0.3 is 9.47 Å². The lowest BCUT2D eigenvalue weighted by Crippen LogP contribution is -2.07. The Balaban J connectivity index is 2.01. The molecule has 0 spiro atoms. The van der Waals surface area contributed by atoms with Gasteiger partial charge in [0.1, 0.15) is 18.1 Å². The molecule has 2 aromatic rings. The Bertz CT molecular complexity index is 579. The summed E-state index contributed by atoms with van der Waals surface area (Å²) in [6.07, 6.45) is 1.00. The summed E-state index contributed by atoms with van der Waals surface area (Å²) in [6.45, 7) is 2.42. The van der Waals surface area contributed by atoms with Crippen LogP contribution in [0.25, 0.3) is 0 Å². The molecule has 1 aromatic carbocycles. The highest BCUT2D eigenvalue weighted by atomic mass is 16.5. The molecule has 1 heterocycles. The summed E-state index contributed by atoms with van der Waals surface area (Å²) in [4.78, 5) is 15.6. The average molecular weight is 271 g/mol. The van der Waals surface area contributed by atoms with Crippen molar-refractivity contribution in [1.82, 2.24) is 4.98 Å². The lowest BCUT2D eigenvalue weighted by atomic mass is 10.2. The van der Waals surface area contributed by atoms with E-state index in [0.29, 0.717) is 12.3 Å². The molecule has 4 nitrogen and oxygen atoms in total. The first-order chi connectivity index (χ1) is 9.72. The van der Waals surface area contributed by atoms with Crippen LogP contribution in [-0.2, 0) is 17.8 Å². The van der Waals surface area contributed by atoms with E-state index >= 15 is 0 Å². The number of rotatable bonds is 5. The first-order valence-electron chi connectivity index (χ1n) is 6.49. The SMILES string of the molecule is CCc1ccc(OCc2cccc(C(=O)OC)n2)cc1. The van der Waals surface area contributed by atoms with Crippen molar-refractivity contribution >= 4 is 5.97 Å². The Morgan fingerprint density at radius 2 is 1.90 bits per heavy atom. The second-order valence-electron chi connectivity index (χ2n) is 4.29. The third kappa shape index (κ3) is 3.57. The van der Waals surface area contributed by atoms with Crippen molar-refractivity contribution in [3.8, 4) is 5.75 Å². The number of carbonyl (C=O) groups is 1. The zero-order valence-corrected chi connectivity index (χ0v) is 11.6. The number of hydrogen-bond acceptors (Lipinski definition) is 4. The molecule has 4 heteroatoms. The molecule has 1 aromatic heterocycles. The highest BCUT2D eigenvalue weighted by molar-refractivity contribution is 5.87. The Hall–Kier alpha value is -2.36. The van der Waals surface area contributed by atoms with Crippen LogP contribution >= 0.6 is 0 Å². The number of carbonyl (C=O) groups excluding carboxylic acids is 1. The van der Waals surface area contributed by atoms with Crippen molar-refractivity contribution in [2.75, 3.05) is 7.11 Å². The molecule has 0 unspecified atom stereocenters. The van der Waals surface area contributed by atoms with E-state index in [9.17, 15) is 4.79 Å². The number of hydrogen-bond donors (Lipinski definition) is 0. The van der Waals surface area contributed by atoms with Crippen LogP contribution in [0.15, 0.2) is 42.5 Å². The molecule has 0 radical (unpaired) electrons. The van der Waals surface area contributed by atoms with Crippen molar-refractivity contribution in [1.29, 1.82) is 0 Å². The number of aromatic nitrogens is 1. The fraction of sp³-hybridized carbons (Fsp3) is 0.250. The van der Waals surface area contributed by atoms with Crippen LogP contribution in [0, 0.1) is 0 Å². The van der Waals surface area contributed by atoms with Crippen molar-refractivity contribution in [3.05, 3.63) is 59.4 Å². The van der Waals surface area contributed by atoms with E-state index in [2.05, 4.69) is 16.6 Å². The van der Waals surface area contributed by atoms with Crippen LogP contribution in [0.4, 0.5) is 0 Å². The van der Waals surface area contributed by atoms with E-state index in [1.54, 1.807) is 12.1 Å². The van der Waals surface area contributed by atoms with Gasteiger partial charge in [0.05, 0.1) is 12.8 Å². The smallest absolute Gasteiger partial charge is 0.356 e. The van der Waals surface area contributed by atoms with Crippen molar-refractivity contribution < 1.29 is 14.3 Å². The molecule has 2 rings (SSSR count). The topological polar surface area (TPSA) is 48.4 Å². The third-order valence-corrected chi connectivity index (χ3v) is 2.92. The zero-order valence-electron chi connectivity index (χ0n) is 11.6. The molecule has 0 aliphatic carbocycles. The number of ether oxygens (including phenoxy) is 2. The van der Waals surface area contributed by atoms with Crippen LogP contribution in [0.2, 0.25) is 0 Å². The van der Waals surface area contributed by atoms with Gasteiger partial charge >= 0.3 is 5.97 Å². The Kier molecular flexibility index (Phi) is 4.71. The molecular weight excluding hydrogens is 254 g/mol. The predicted octanol–water partition coefficient (Wildman–Crippen LogP) is 3.01. The highest BCUT2D eigenvalue weighted by Crippen LogP contribution is 2.14. The Morgan fingerprint density at radius 1 is 1.15 bits per heavy atom. The number of pyridine rings is 1. The summed E-state index contributed by atoms with van der Waals surface area (Å²) in [5.74, 6) is 0.339. The summed E-state index contributed by atoms with van der Waals surface area (Å²) < 4.78 is 10.3. The summed E-state index contributed by atoms with van der Waals surface area (Å²) in [6, 6.07) is 13.1. The van der Waals surface area contributed by atoms with E-state index in [-0.39, 0.29) is 5.69 Å². The maximum absolute atomic E-state index is 11.4. The summed E-state index contributed by atoms with van der Waals surface area (Å²) in [7, 11) is 1.34. The van der Waals surface area contributed by atoms with Gasteiger partial charge in [0.2, 0.25) is 0 Å². The second kappa shape index (κ2) is 6.70. The molecule has 0 fully saturated rings. The van der Waals surface area contributed by atoms with E-state index in [1.165, 1.54) is 12.7 Å². The Labute approximate surface area is 118 Å². The predicted molar refractivity (Wildman–Crippen MR) is 75.7 cm³/mol. The minimum atomic E-state index is -0.445. The molecule has 0 aliphatic rings. The number of benzene rings is 1. The van der Waals surface area contributed by atoms with Gasteiger partial charge in [0.25, 0.3) is 0 Å². The van der Waals surface area contributed by atoms with E-state index in [4.69, 9.17) is 4.74 Å². The maximum Gasteiger partial charge on any atom is 0.356 e. The highest BCUT2D eigenvalue weighted by Gasteiger charge is 2.07. The van der Waals surface area contributed by atoms with Crippen LogP contribution in [0.5, 0.6) is 5.75 Å². The second-order valence-corrected chi connectivity index (χ2v) is 4.29. The normalized spacial score (nSPS) is 10.1. The average Bonchev–Trinajstić information content (AvgIpc) is 2.53. The minimum Gasteiger partial charge on any atom is -0.487 e. The number of esters is 1. The molecule has 0 amide bonds. The van der Waals surface area contributed by atoms with Crippen LogP contribution in [-0.4, -0.2) is 18.1 Å². The molecule has 0 bridgehead atoms. The lowest BCUT2D eigenvalue weighted by Gasteiger charge is -2.07. The zero-order chi connectivity index (χ0) is 14.4. The van der Waals surface area contributed by atoms with Crippen molar-refractivity contribution in [2.45, 2.75) is 20.0 Å². The molecule has 104 valence electrons. The quantitative estimate of drug-likeness (QED) is 0.784. The standard InChI is InChI=1S/C16H17NO3/c1-3-12-7-9-14(10-8-12)20-11-13-5-4-6-15(17-13)16(18)19-2/h4-10H,3,11H2,1-2H3. The van der Waals surface area contributed by atoms with E-state index in [0.717, 1.165) is 12.2 Å². The van der Waals surface area contributed by atoms with Crippen LogP contribution in [0.1, 0.15) is 28.7 Å². The van der Waals surface area contributed by atoms with Gasteiger partial charge in [-0.05, 0) is 36.2 Å². The monoisotopic (exact) mass is 271 g/mol. The Morgan fingerprint density at radius 3 is 2.55 bits per heavy atom. The summed E-state index contributed by atoms with van der Waals surface area (Å²) in [5, 5.41) is 0. The van der Waals surface area contributed by atoms with Crippen molar-refractivity contribution in [2.24, 2.45) is 0 Å². The first-order valence-corrected chi connectivity index (χ1v) is 6.49. The summed E-state index contributed by atoms with van der Waals surface area (Å²) in [5.41, 5.74) is 2.24. The molecule has 0 aliphatic heterocycles. The van der Waals surface area contributed by atoms with Crippen LogP contribution < -0.4 is 4.74 Å². The van der Waals surface area contributed by atoms with E-state index < -0.39 is 5.97 Å². The number of nitrogens with zero attached hydrogens (tertiary/aromatic N) is 1. The summed E-state index contributed by atoms with van der Waals surface area (Å²) >= 11 is 0. The molecule has 0 saturated heterocycles. The number of methoxy groups -OCH3 is 1. The van der Waals surface area contributed by atoms with Gasteiger partial charge in [-0.25, -0.2) is 9.78 Å². The largest absolute Gasteiger partial charge is 0.487 e. The van der Waals surface area contributed by atoms with Gasteiger partial charge in [0.15, 0.2) is 0 Å². The maximum atomic E-state index is 11.4. The fourth-order valence-corrected chi connectivity index (χ4v) is 1.76. The first kappa shape index (κ1) is 14.1.